The lowest BCUT2D eigenvalue weighted by Gasteiger charge is -2.17. The SMILES string of the molecule is COc1cc2ncnc(Nc3cc(C)c(Oc4ccn5ncnc5c4)cc3OC)c2cc1NC(=O)/C(F)=C/C1CCCN1C. The van der Waals surface area contributed by atoms with E-state index in [9.17, 15) is 9.18 Å². The summed E-state index contributed by atoms with van der Waals surface area (Å²) in [6, 6.07) is 10.4. The van der Waals surface area contributed by atoms with Gasteiger partial charge in [0, 0.05) is 35.8 Å². The topological polar surface area (TPSA) is 128 Å². The number of anilines is 3. The summed E-state index contributed by atoms with van der Waals surface area (Å²) in [5, 5.41) is 10.6. The molecule has 13 heteroatoms. The van der Waals surface area contributed by atoms with Crippen molar-refractivity contribution in [2.45, 2.75) is 25.8 Å². The molecule has 0 bridgehead atoms. The first kappa shape index (κ1) is 28.8. The van der Waals surface area contributed by atoms with Crippen molar-refractivity contribution in [3.8, 4) is 23.0 Å². The highest BCUT2D eigenvalue weighted by atomic mass is 19.1. The normalized spacial score (nSPS) is 15.5. The van der Waals surface area contributed by atoms with Gasteiger partial charge in [-0.3, -0.25) is 9.69 Å². The predicted molar refractivity (Wildman–Crippen MR) is 164 cm³/mol. The van der Waals surface area contributed by atoms with Crippen molar-refractivity contribution in [2.75, 3.05) is 38.4 Å². The second-order valence-corrected chi connectivity index (χ2v) is 10.4. The Morgan fingerprint density at radius 2 is 1.84 bits per heavy atom. The number of rotatable bonds is 9. The summed E-state index contributed by atoms with van der Waals surface area (Å²) in [4.78, 5) is 27.8. The number of carbonyl (C=O) groups excluding carboxylic acids is 1. The van der Waals surface area contributed by atoms with Gasteiger partial charge in [-0.2, -0.15) is 5.10 Å². The lowest BCUT2D eigenvalue weighted by Crippen LogP contribution is -2.24. The number of aryl methyl sites for hydroxylation is 1. The van der Waals surface area contributed by atoms with Crippen LogP contribution < -0.4 is 24.8 Å². The molecule has 5 aromatic rings. The third-order valence-corrected chi connectivity index (χ3v) is 7.57. The number of aromatic nitrogens is 5. The largest absolute Gasteiger partial charge is 0.494 e. The molecule has 1 aliphatic heterocycles. The Hall–Kier alpha value is -5.30. The number of methoxy groups -OCH3 is 2. The quantitative estimate of drug-likeness (QED) is 0.212. The minimum absolute atomic E-state index is 0.115. The molecule has 6 rings (SSSR count). The van der Waals surface area contributed by atoms with E-state index in [-0.39, 0.29) is 11.7 Å². The van der Waals surface area contributed by atoms with Crippen LogP contribution in [0, 0.1) is 6.92 Å². The van der Waals surface area contributed by atoms with Crippen LogP contribution in [0.25, 0.3) is 16.6 Å². The zero-order valence-electron chi connectivity index (χ0n) is 24.7. The van der Waals surface area contributed by atoms with Crippen LogP contribution in [0.2, 0.25) is 0 Å². The number of benzene rings is 2. The number of likely N-dealkylation sites (N-methyl/N-ethyl adjacent to an activating group) is 1. The van der Waals surface area contributed by atoms with Crippen molar-refractivity contribution in [3.63, 3.8) is 0 Å². The van der Waals surface area contributed by atoms with E-state index >= 15 is 0 Å². The molecule has 0 spiro atoms. The Balaban J connectivity index is 1.28. The van der Waals surface area contributed by atoms with Crippen molar-refractivity contribution in [2.24, 2.45) is 0 Å². The van der Waals surface area contributed by atoms with Gasteiger partial charge < -0.3 is 24.8 Å². The van der Waals surface area contributed by atoms with E-state index in [1.165, 1.54) is 25.8 Å². The second-order valence-electron chi connectivity index (χ2n) is 10.4. The molecule has 0 aliphatic carbocycles. The maximum Gasteiger partial charge on any atom is 0.284 e. The van der Waals surface area contributed by atoms with Gasteiger partial charge in [0.25, 0.3) is 5.91 Å². The fraction of sp³-hybridized carbons (Fsp3) is 0.258. The summed E-state index contributed by atoms with van der Waals surface area (Å²) in [5.74, 6) is 0.774. The first-order chi connectivity index (χ1) is 21.3. The van der Waals surface area contributed by atoms with Crippen molar-refractivity contribution < 1.29 is 23.4 Å². The van der Waals surface area contributed by atoms with Gasteiger partial charge in [-0.15, -0.1) is 0 Å². The second kappa shape index (κ2) is 12.1. The summed E-state index contributed by atoms with van der Waals surface area (Å²) in [7, 11) is 4.94. The molecule has 1 atom stereocenters. The molecule has 226 valence electrons. The number of hydrogen-bond donors (Lipinski definition) is 2. The van der Waals surface area contributed by atoms with E-state index < -0.39 is 11.7 Å². The Bertz CT molecular complexity index is 1890. The van der Waals surface area contributed by atoms with Crippen LogP contribution in [0.3, 0.4) is 0 Å². The van der Waals surface area contributed by atoms with Crippen LogP contribution in [-0.2, 0) is 4.79 Å². The van der Waals surface area contributed by atoms with Gasteiger partial charge in [-0.1, -0.05) is 0 Å². The maximum atomic E-state index is 14.9. The minimum Gasteiger partial charge on any atom is -0.494 e. The highest BCUT2D eigenvalue weighted by molar-refractivity contribution is 6.05. The van der Waals surface area contributed by atoms with Gasteiger partial charge in [0.05, 0.1) is 31.1 Å². The first-order valence-corrected chi connectivity index (χ1v) is 14.0. The van der Waals surface area contributed by atoms with Gasteiger partial charge in [-0.25, -0.2) is 23.9 Å². The van der Waals surface area contributed by atoms with Crippen molar-refractivity contribution >= 4 is 39.6 Å². The number of hydrogen-bond acceptors (Lipinski definition) is 10. The molecule has 44 heavy (non-hydrogen) atoms. The number of likely N-dealkylation sites (tertiary alicyclic amines) is 1. The molecular weight excluding hydrogens is 567 g/mol. The van der Waals surface area contributed by atoms with Crippen molar-refractivity contribution in [1.29, 1.82) is 0 Å². The maximum absolute atomic E-state index is 14.9. The fourth-order valence-electron chi connectivity index (χ4n) is 5.18. The smallest absolute Gasteiger partial charge is 0.284 e. The molecule has 0 radical (unpaired) electrons. The van der Waals surface area contributed by atoms with E-state index in [2.05, 4.69) is 30.7 Å². The van der Waals surface area contributed by atoms with Gasteiger partial charge in [0.15, 0.2) is 11.5 Å². The number of fused-ring (bicyclic) bond motifs is 2. The Labute approximate surface area is 252 Å². The van der Waals surface area contributed by atoms with E-state index in [1.807, 2.05) is 24.9 Å². The standard InChI is InChI=1S/C31H31FN8O4/c1-18-10-24(28(43-4)15-26(18)44-20-7-9-40-29(12-20)34-17-36-40)37-30-21-13-25(27(42-3)14-23(21)33-16-35-30)38-31(41)22(32)11-19-6-5-8-39(19)2/h7,9-17,19H,5-6,8H2,1-4H3,(H,38,41)(H,33,35,37)/b22-11-. The van der Waals surface area contributed by atoms with Crippen LogP contribution in [-0.4, -0.2) is 69.2 Å². The van der Waals surface area contributed by atoms with E-state index in [1.54, 1.807) is 48.2 Å². The molecular formula is C31H31FN8O4. The molecule has 3 aromatic heterocycles. The number of nitrogens with zero attached hydrogens (tertiary/aromatic N) is 6. The number of pyridine rings is 1. The molecule has 1 amide bonds. The van der Waals surface area contributed by atoms with Crippen LogP contribution in [0.4, 0.5) is 21.6 Å². The molecule has 12 nitrogen and oxygen atoms in total. The highest BCUT2D eigenvalue weighted by Crippen LogP contribution is 2.39. The zero-order valence-corrected chi connectivity index (χ0v) is 24.7. The third kappa shape index (κ3) is 5.81. The number of nitrogens with one attached hydrogen (secondary N) is 2. The number of carbonyl (C=O) groups is 1. The Morgan fingerprint density at radius 3 is 2.61 bits per heavy atom. The van der Waals surface area contributed by atoms with Crippen LogP contribution in [0.15, 0.2) is 67.2 Å². The predicted octanol–water partition coefficient (Wildman–Crippen LogP) is 5.42. The number of ether oxygens (including phenoxy) is 3. The van der Waals surface area contributed by atoms with Crippen LogP contribution in [0.1, 0.15) is 18.4 Å². The van der Waals surface area contributed by atoms with E-state index in [0.717, 1.165) is 24.9 Å². The van der Waals surface area contributed by atoms with Crippen LogP contribution >= 0.6 is 0 Å². The molecule has 4 heterocycles. The monoisotopic (exact) mass is 598 g/mol. The van der Waals surface area contributed by atoms with Gasteiger partial charge in [0.2, 0.25) is 0 Å². The van der Waals surface area contributed by atoms with Gasteiger partial charge >= 0.3 is 0 Å². The molecule has 1 fully saturated rings. The molecule has 1 saturated heterocycles. The third-order valence-electron chi connectivity index (χ3n) is 7.57. The molecule has 1 aliphatic rings. The first-order valence-electron chi connectivity index (χ1n) is 14.0. The Kier molecular flexibility index (Phi) is 7.94. The lowest BCUT2D eigenvalue weighted by atomic mass is 10.1. The summed E-state index contributed by atoms with van der Waals surface area (Å²) >= 11 is 0. The average molecular weight is 599 g/mol. The summed E-state index contributed by atoms with van der Waals surface area (Å²) in [5.41, 5.74) is 2.95. The van der Waals surface area contributed by atoms with E-state index in [0.29, 0.717) is 51.1 Å². The minimum atomic E-state index is -0.856. The fourth-order valence-corrected chi connectivity index (χ4v) is 5.18. The molecule has 1 unspecified atom stereocenters. The van der Waals surface area contributed by atoms with Gasteiger partial charge in [0.1, 0.15) is 41.5 Å². The zero-order chi connectivity index (χ0) is 30.8. The molecule has 2 aromatic carbocycles. The summed E-state index contributed by atoms with van der Waals surface area (Å²) in [6.07, 6.45) is 7.79. The van der Waals surface area contributed by atoms with Crippen molar-refractivity contribution in [3.05, 3.63) is 72.7 Å². The van der Waals surface area contributed by atoms with Crippen molar-refractivity contribution in [1.82, 2.24) is 29.5 Å². The Morgan fingerprint density at radius 1 is 1.02 bits per heavy atom. The number of halogens is 1. The van der Waals surface area contributed by atoms with E-state index in [4.69, 9.17) is 14.2 Å². The highest BCUT2D eigenvalue weighted by Gasteiger charge is 2.22. The summed E-state index contributed by atoms with van der Waals surface area (Å²) < 4.78 is 33.8. The number of amides is 1. The van der Waals surface area contributed by atoms with Gasteiger partial charge in [-0.05, 0) is 63.2 Å². The lowest BCUT2D eigenvalue weighted by molar-refractivity contribution is -0.114. The molecule has 0 saturated carbocycles. The van der Waals surface area contributed by atoms with Crippen LogP contribution in [0.5, 0.6) is 23.0 Å². The summed E-state index contributed by atoms with van der Waals surface area (Å²) in [6.45, 7) is 2.78. The average Bonchev–Trinajstić information content (AvgIpc) is 3.66. The molecule has 2 N–H and O–H groups in total.